The average Bonchev–Trinajstić information content (AvgIpc) is 2.48. The molecule has 0 saturated heterocycles. The second-order valence-corrected chi connectivity index (χ2v) is 5.90. The largest absolute Gasteiger partial charge is 0.497 e. The van der Waals surface area contributed by atoms with Gasteiger partial charge in [-0.25, -0.2) is 0 Å². The first-order chi connectivity index (χ1) is 9.69. The number of rotatable bonds is 2. The zero-order chi connectivity index (χ0) is 14.1. The second kappa shape index (κ2) is 5.48. The zero-order valence-electron chi connectivity index (χ0n) is 11.4. The van der Waals surface area contributed by atoms with Gasteiger partial charge in [-0.05, 0) is 53.3 Å². The van der Waals surface area contributed by atoms with Gasteiger partial charge in [-0.2, -0.15) is 0 Å². The van der Waals surface area contributed by atoms with Gasteiger partial charge in [0.05, 0.1) is 10.7 Å². The number of ether oxygens (including phenoxy) is 2. The van der Waals surface area contributed by atoms with Crippen LogP contribution in [-0.4, -0.2) is 7.11 Å². The molecule has 0 aliphatic carbocycles. The van der Waals surface area contributed by atoms with Crippen molar-refractivity contribution in [3.8, 4) is 5.75 Å². The molecule has 0 bridgehead atoms. The number of aryl methyl sites for hydroxylation is 1. The number of hydrogen-bond acceptors (Lipinski definition) is 2. The third-order valence-corrected chi connectivity index (χ3v) is 4.50. The quantitative estimate of drug-likeness (QED) is 0.700. The minimum absolute atomic E-state index is 0.586. The van der Waals surface area contributed by atoms with Crippen LogP contribution in [0.3, 0.4) is 0 Å². The summed E-state index contributed by atoms with van der Waals surface area (Å²) in [5.41, 5.74) is 4.78. The van der Waals surface area contributed by atoms with Crippen LogP contribution in [0.1, 0.15) is 22.3 Å². The topological polar surface area (TPSA) is 18.5 Å². The normalized spacial score (nSPS) is 13.8. The Morgan fingerprint density at radius 1 is 1.10 bits per heavy atom. The molecule has 0 saturated carbocycles. The summed E-state index contributed by atoms with van der Waals surface area (Å²) >= 11 is 2.36. The highest BCUT2D eigenvalue weighted by molar-refractivity contribution is 14.1. The number of halogens is 1. The molecule has 0 spiro atoms. The fourth-order valence-corrected chi connectivity index (χ4v) is 3.27. The van der Waals surface area contributed by atoms with Crippen LogP contribution in [-0.2, 0) is 11.3 Å². The lowest BCUT2D eigenvalue weighted by Crippen LogP contribution is -2.05. The molecule has 1 aliphatic heterocycles. The summed E-state index contributed by atoms with van der Waals surface area (Å²) in [6.45, 7) is 2.68. The first-order valence-corrected chi connectivity index (χ1v) is 7.54. The minimum Gasteiger partial charge on any atom is -0.497 e. The van der Waals surface area contributed by atoms with Crippen molar-refractivity contribution >= 4 is 31.9 Å². The Kier molecular flexibility index (Phi) is 3.70. The average molecular weight is 378 g/mol. The van der Waals surface area contributed by atoms with Gasteiger partial charge in [0, 0.05) is 11.1 Å². The van der Waals surface area contributed by atoms with E-state index < -0.39 is 0 Å². The van der Waals surface area contributed by atoms with Crippen molar-refractivity contribution in [2.45, 2.75) is 13.5 Å². The SMILES string of the molecule is COc1ccc2c(c1)COC(c1ccc(C)cc1)=C2I. The molecule has 3 rings (SSSR count). The maximum atomic E-state index is 5.96. The maximum absolute atomic E-state index is 5.96. The van der Waals surface area contributed by atoms with Gasteiger partial charge >= 0.3 is 0 Å². The van der Waals surface area contributed by atoms with Crippen molar-refractivity contribution in [3.63, 3.8) is 0 Å². The molecular weight excluding hydrogens is 363 g/mol. The Balaban J connectivity index is 2.06. The van der Waals surface area contributed by atoms with Crippen molar-refractivity contribution < 1.29 is 9.47 Å². The molecule has 102 valence electrons. The predicted octanol–water partition coefficient (Wildman–Crippen LogP) is 4.79. The zero-order valence-corrected chi connectivity index (χ0v) is 13.6. The fourth-order valence-electron chi connectivity index (χ4n) is 2.28. The number of fused-ring (bicyclic) bond motifs is 1. The van der Waals surface area contributed by atoms with Crippen LogP contribution in [0.2, 0.25) is 0 Å². The molecule has 0 aromatic heterocycles. The first kappa shape index (κ1) is 13.5. The van der Waals surface area contributed by atoms with Crippen molar-refractivity contribution in [3.05, 3.63) is 64.7 Å². The van der Waals surface area contributed by atoms with E-state index in [4.69, 9.17) is 9.47 Å². The minimum atomic E-state index is 0.586. The molecule has 2 aromatic rings. The van der Waals surface area contributed by atoms with Gasteiger partial charge in [-0.3, -0.25) is 0 Å². The van der Waals surface area contributed by atoms with Gasteiger partial charge in [-0.15, -0.1) is 0 Å². The molecule has 2 aromatic carbocycles. The van der Waals surface area contributed by atoms with Gasteiger partial charge in [0.2, 0.25) is 0 Å². The van der Waals surface area contributed by atoms with Crippen LogP contribution in [0, 0.1) is 6.92 Å². The predicted molar refractivity (Wildman–Crippen MR) is 89.8 cm³/mol. The molecule has 1 heterocycles. The van der Waals surface area contributed by atoms with E-state index in [-0.39, 0.29) is 0 Å². The summed E-state index contributed by atoms with van der Waals surface area (Å²) in [7, 11) is 1.68. The molecule has 0 N–H and O–H groups in total. The number of hydrogen-bond donors (Lipinski definition) is 0. The van der Waals surface area contributed by atoms with E-state index in [1.165, 1.54) is 16.7 Å². The van der Waals surface area contributed by atoms with E-state index in [0.717, 1.165) is 20.7 Å². The van der Waals surface area contributed by atoms with Crippen LogP contribution < -0.4 is 4.74 Å². The molecule has 0 radical (unpaired) electrons. The van der Waals surface area contributed by atoms with Crippen LogP contribution in [0.4, 0.5) is 0 Å². The molecular formula is C17H15IO2. The molecule has 2 nitrogen and oxygen atoms in total. The van der Waals surface area contributed by atoms with Crippen LogP contribution in [0.5, 0.6) is 5.75 Å². The van der Waals surface area contributed by atoms with Gasteiger partial charge in [-0.1, -0.05) is 29.8 Å². The van der Waals surface area contributed by atoms with Gasteiger partial charge < -0.3 is 9.47 Å². The summed E-state index contributed by atoms with van der Waals surface area (Å²) in [4.78, 5) is 0. The number of methoxy groups -OCH3 is 1. The van der Waals surface area contributed by atoms with E-state index in [1.54, 1.807) is 7.11 Å². The molecule has 0 fully saturated rings. The van der Waals surface area contributed by atoms with E-state index in [1.807, 2.05) is 12.1 Å². The van der Waals surface area contributed by atoms with E-state index in [9.17, 15) is 0 Å². The van der Waals surface area contributed by atoms with E-state index >= 15 is 0 Å². The Morgan fingerprint density at radius 2 is 1.85 bits per heavy atom. The lowest BCUT2D eigenvalue weighted by atomic mass is 10.0. The first-order valence-electron chi connectivity index (χ1n) is 6.46. The van der Waals surface area contributed by atoms with Gasteiger partial charge in [0.25, 0.3) is 0 Å². The van der Waals surface area contributed by atoms with Crippen molar-refractivity contribution in [1.29, 1.82) is 0 Å². The third-order valence-electron chi connectivity index (χ3n) is 3.43. The molecule has 1 aliphatic rings. The molecule has 0 amide bonds. The summed E-state index contributed by atoms with van der Waals surface area (Å²) in [6, 6.07) is 14.6. The smallest absolute Gasteiger partial charge is 0.140 e. The Bertz CT molecular complexity index is 672. The fraction of sp³-hybridized carbons (Fsp3) is 0.176. The Hall–Kier alpha value is -1.49. The second-order valence-electron chi connectivity index (χ2n) is 4.82. The lowest BCUT2D eigenvalue weighted by molar-refractivity contribution is 0.261. The summed E-state index contributed by atoms with van der Waals surface area (Å²) < 4.78 is 12.4. The van der Waals surface area contributed by atoms with Crippen molar-refractivity contribution in [1.82, 2.24) is 0 Å². The summed E-state index contributed by atoms with van der Waals surface area (Å²) in [6.07, 6.45) is 0. The molecule has 20 heavy (non-hydrogen) atoms. The standard InChI is InChI=1S/C17H15IO2/c1-11-3-5-12(6-4-11)17-16(18)15-8-7-14(19-2)9-13(15)10-20-17/h3-9H,10H2,1-2H3. The highest BCUT2D eigenvalue weighted by Crippen LogP contribution is 2.40. The maximum Gasteiger partial charge on any atom is 0.140 e. The van der Waals surface area contributed by atoms with E-state index in [2.05, 4.69) is 59.8 Å². The highest BCUT2D eigenvalue weighted by Gasteiger charge is 2.20. The molecule has 0 unspecified atom stereocenters. The van der Waals surface area contributed by atoms with E-state index in [0.29, 0.717) is 6.61 Å². The summed E-state index contributed by atoms with van der Waals surface area (Å²) in [5.74, 6) is 1.83. The van der Waals surface area contributed by atoms with Crippen LogP contribution in [0.25, 0.3) is 9.34 Å². The number of benzene rings is 2. The Morgan fingerprint density at radius 3 is 2.55 bits per heavy atom. The van der Waals surface area contributed by atoms with Crippen molar-refractivity contribution in [2.24, 2.45) is 0 Å². The third kappa shape index (κ3) is 2.42. The molecule has 3 heteroatoms. The van der Waals surface area contributed by atoms with Crippen molar-refractivity contribution in [2.75, 3.05) is 7.11 Å². The molecule has 0 atom stereocenters. The van der Waals surface area contributed by atoms with Crippen LogP contribution >= 0.6 is 22.6 Å². The summed E-state index contributed by atoms with van der Waals surface area (Å²) in [5, 5.41) is 0. The van der Waals surface area contributed by atoms with Gasteiger partial charge in [0.15, 0.2) is 0 Å². The Labute approximate surface area is 132 Å². The highest BCUT2D eigenvalue weighted by atomic mass is 127. The van der Waals surface area contributed by atoms with Gasteiger partial charge in [0.1, 0.15) is 18.1 Å². The van der Waals surface area contributed by atoms with Crippen LogP contribution in [0.15, 0.2) is 42.5 Å². The monoisotopic (exact) mass is 378 g/mol. The lowest BCUT2D eigenvalue weighted by Gasteiger charge is -2.22.